The summed E-state index contributed by atoms with van der Waals surface area (Å²) in [7, 11) is 0. The molecule has 0 saturated heterocycles. The molecule has 7 nitrogen and oxygen atoms in total. The van der Waals surface area contributed by atoms with Gasteiger partial charge in [-0.1, -0.05) is 30.3 Å². The quantitative estimate of drug-likeness (QED) is 0.524. The highest BCUT2D eigenvalue weighted by molar-refractivity contribution is 5.72. The van der Waals surface area contributed by atoms with Crippen LogP contribution in [0.1, 0.15) is 24.1 Å². The zero-order valence-corrected chi connectivity index (χ0v) is 16.3. The molecule has 0 saturated carbocycles. The third-order valence-electron chi connectivity index (χ3n) is 4.91. The molecule has 3 N–H and O–H groups in total. The third-order valence-corrected chi connectivity index (χ3v) is 4.91. The van der Waals surface area contributed by atoms with E-state index in [9.17, 15) is 14.4 Å². The van der Waals surface area contributed by atoms with Gasteiger partial charge < -0.3 is 11.1 Å². The van der Waals surface area contributed by atoms with Crippen LogP contribution in [0.15, 0.2) is 59.8 Å². The molecule has 4 rings (SSSR count). The first-order chi connectivity index (χ1) is 14.9. The van der Waals surface area contributed by atoms with Crippen LogP contribution in [0, 0.1) is 23.0 Å². The smallest absolute Gasteiger partial charge is 0.263 e. The molecule has 4 aromatic rings. The highest BCUT2D eigenvalue weighted by atomic mass is 19.1. The average molecular weight is 418 g/mol. The second-order valence-electron chi connectivity index (χ2n) is 6.84. The Balaban J connectivity index is 1.98. The van der Waals surface area contributed by atoms with E-state index < -0.39 is 23.2 Å². The molecule has 1 aromatic carbocycles. The summed E-state index contributed by atoms with van der Waals surface area (Å²) in [4.78, 5) is 21.1. The van der Waals surface area contributed by atoms with Crippen LogP contribution in [-0.4, -0.2) is 14.4 Å². The molecule has 0 aliphatic carbocycles. The molecule has 31 heavy (non-hydrogen) atoms. The number of pyridine rings is 2. The zero-order chi connectivity index (χ0) is 22.1. The van der Waals surface area contributed by atoms with Crippen molar-refractivity contribution in [1.29, 1.82) is 5.26 Å². The Hall–Kier alpha value is -4.32. The maximum atomic E-state index is 15.7. The Labute approximate surface area is 175 Å². The van der Waals surface area contributed by atoms with Crippen molar-refractivity contribution in [2.45, 2.75) is 13.0 Å². The minimum Gasteiger partial charge on any atom is -0.382 e. The maximum Gasteiger partial charge on any atom is 0.263 e. The lowest BCUT2D eigenvalue weighted by Crippen LogP contribution is -2.24. The van der Waals surface area contributed by atoms with E-state index in [1.165, 1.54) is 12.4 Å². The summed E-state index contributed by atoms with van der Waals surface area (Å²) in [5.41, 5.74) is 5.69. The molecule has 154 valence electrons. The molecule has 0 aliphatic rings. The van der Waals surface area contributed by atoms with Gasteiger partial charge in [0.05, 0.1) is 17.1 Å². The number of nitrogens with one attached hydrogen (secondary N) is 1. The van der Waals surface area contributed by atoms with Crippen LogP contribution in [0.25, 0.3) is 16.6 Å². The molecule has 0 amide bonds. The minimum atomic E-state index is -0.792. The molecule has 1 atom stereocenters. The number of rotatable bonds is 4. The van der Waals surface area contributed by atoms with Gasteiger partial charge in [0.15, 0.2) is 5.82 Å². The number of nitrogens with zero attached hydrogens (tertiary/aromatic N) is 4. The summed E-state index contributed by atoms with van der Waals surface area (Å²) in [6, 6.07) is 12.0. The van der Waals surface area contributed by atoms with Gasteiger partial charge in [-0.25, -0.2) is 18.7 Å². The average Bonchev–Trinajstić information content (AvgIpc) is 2.76. The van der Waals surface area contributed by atoms with E-state index in [0.29, 0.717) is 5.56 Å². The SMILES string of the molecule is C[C@H](Nc1ncnc(N)c1C#N)c1c(-c2ccccc2)c(=O)n2cc(F)ccc2c1F. The van der Waals surface area contributed by atoms with E-state index in [4.69, 9.17) is 5.73 Å². The van der Waals surface area contributed by atoms with Gasteiger partial charge in [0.1, 0.15) is 35.4 Å². The van der Waals surface area contributed by atoms with Crippen LogP contribution < -0.4 is 16.6 Å². The molecule has 0 spiro atoms. The maximum absolute atomic E-state index is 15.7. The molecule has 0 radical (unpaired) electrons. The van der Waals surface area contributed by atoms with Gasteiger partial charge in [0.2, 0.25) is 0 Å². The summed E-state index contributed by atoms with van der Waals surface area (Å²) in [5, 5.41) is 12.3. The number of nitrogen functional groups attached to an aromatic ring is 1. The summed E-state index contributed by atoms with van der Waals surface area (Å²) < 4.78 is 30.4. The van der Waals surface area contributed by atoms with Gasteiger partial charge in [0.25, 0.3) is 5.56 Å². The van der Waals surface area contributed by atoms with Crippen molar-refractivity contribution in [2.24, 2.45) is 0 Å². The number of fused-ring (bicyclic) bond motifs is 1. The number of hydrogen-bond acceptors (Lipinski definition) is 6. The van der Waals surface area contributed by atoms with Gasteiger partial charge in [-0.05, 0) is 24.6 Å². The number of halogens is 2. The number of nitrogens with two attached hydrogens (primary N) is 1. The van der Waals surface area contributed by atoms with E-state index in [0.717, 1.165) is 16.7 Å². The molecule has 0 unspecified atom stereocenters. The van der Waals surface area contributed by atoms with Crippen molar-refractivity contribution in [3.63, 3.8) is 0 Å². The first kappa shape index (κ1) is 20.0. The fourth-order valence-corrected chi connectivity index (χ4v) is 3.49. The van der Waals surface area contributed by atoms with Crippen LogP contribution in [0.5, 0.6) is 0 Å². The summed E-state index contributed by atoms with van der Waals surface area (Å²) >= 11 is 0. The highest BCUT2D eigenvalue weighted by Gasteiger charge is 2.25. The molecule has 0 fully saturated rings. The second kappa shape index (κ2) is 7.84. The Morgan fingerprint density at radius 1 is 1.16 bits per heavy atom. The molecular formula is C22H16F2N6O. The molecule has 3 heterocycles. The summed E-state index contributed by atoms with van der Waals surface area (Å²) in [6.45, 7) is 1.63. The first-order valence-electron chi connectivity index (χ1n) is 9.28. The molecule has 0 aliphatic heterocycles. The number of anilines is 2. The Kier molecular flexibility index (Phi) is 5.05. The number of aromatic nitrogens is 3. The summed E-state index contributed by atoms with van der Waals surface area (Å²) in [5.74, 6) is -1.27. The van der Waals surface area contributed by atoms with Gasteiger partial charge >= 0.3 is 0 Å². The number of benzene rings is 1. The third kappa shape index (κ3) is 3.44. The molecular weight excluding hydrogens is 402 g/mol. The van der Waals surface area contributed by atoms with Gasteiger partial charge in [0, 0.05) is 11.8 Å². The predicted molar refractivity (Wildman–Crippen MR) is 112 cm³/mol. The largest absolute Gasteiger partial charge is 0.382 e. The molecule has 9 heteroatoms. The van der Waals surface area contributed by atoms with Crippen LogP contribution in [0.4, 0.5) is 20.4 Å². The lowest BCUT2D eigenvalue weighted by atomic mass is 9.95. The van der Waals surface area contributed by atoms with Gasteiger partial charge in [-0.2, -0.15) is 5.26 Å². The fourth-order valence-electron chi connectivity index (χ4n) is 3.49. The van der Waals surface area contributed by atoms with E-state index in [2.05, 4.69) is 15.3 Å². The van der Waals surface area contributed by atoms with E-state index in [-0.39, 0.29) is 33.8 Å². The number of nitriles is 1. The lowest BCUT2D eigenvalue weighted by molar-refractivity contribution is 0.594. The second-order valence-corrected chi connectivity index (χ2v) is 6.84. The first-order valence-corrected chi connectivity index (χ1v) is 9.28. The Morgan fingerprint density at radius 3 is 2.61 bits per heavy atom. The standard InChI is InChI=1S/C22H16F2N6O/c1-12(29-21-15(9-25)20(26)27-11-28-21)17-18(13-5-3-2-4-6-13)22(31)30-10-14(23)7-8-16(30)19(17)24/h2-8,10-12H,1H3,(H3,26,27,28,29)/t12-/m0/s1. The van der Waals surface area contributed by atoms with Crippen LogP contribution >= 0.6 is 0 Å². The lowest BCUT2D eigenvalue weighted by Gasteiger charge is -2.21. The van der Waals surface area contributed by atoms with E-state index in [1.807, 2.05) is 6.07 Å². The van der Waals surface area contributed by atoms with Crippen LogP contribution in [0.2, 0.25) is 0 Å². The summed E-state index contributed by atoms with van der Waals surface area (Å²) in [6.07, 6.45) is 2.13. The van der Waals surface area contributed by atoms with Gasteiger partial charge in [-0.15, -0.1) is 0 Å². The van der Waals surface area contributed by atoms with Crippen LogP contribution in [-0.2, 0) is 0 Å². The molecule has 0 bridgehead atoms. The van der Waals surface area contributed by atoms with Gasteiger partial charge in [-0.3, -0.25) is 9.20 Å². The zero-order valence-electron chi connectivity index (χ0n) is 16.3. The van der Waals surface area contributed by atoms with Crippen molar-refractivity contribution in [1.82, 2.24) is 14.4 Å². The normalized spacial score (nSPS) is 11.8. The van der Waals surface area contributed by atoms with E-state index >= 15 is 4.39 Å². The number of hydrogen-bond donors (Lipinski definition) is 2. The van der Waals surface area contributed by atoms with E-state index in [1.54, 1.807) is 37.3 Å². The molecule has 3 aromatic heterocycles. The minimum absolute atomic E-state index is 0.00982. The van der Waals surface area contributed by atoms with Crippen molar-refractivity contribution >= 4 is 17.2 Å². The van der Waals surface area contributed by atoms with Crippen molar-refractivity contribution in [3.05, 3.63) is 88.1 Å². The Morgan fingerprint density at radius 2 is 1.90 bits per heavy atom. The van der Waals surface area contributed by atoms with Crippen molar-refractivity contribution in [3.8, 4) is 17.2 Å². The van der Waals surface area contributed by atoms with Crippen molar-refractivity contribution in [2.75, 3.05) is 11.1 Å². The van der Waals surface area contributed by atoms with Crippen molar-refractivity contribution < 1.29 is 8.78 Å². The highest BCUT2D eigenvalue weighted by Crippen LogP contribution is 2.32. The predicted octanol–water partition coefficient (Wildman–Crippen LogP) is 3.66. The fraction of sp³-hybridized carbons (Fsp3) is 0.0909. The topological polar surface area (TPSA) is 109 Å². The van der Waals surface area contributed by atoms with Crippen LogP contribution in [0.3, 0.4) is 0 Å². The monoisotopic (exact) mass is 418 g/mol. The Bertz CT molecular complexity index is 1400.